The van der Waals surface area contributed by atoms with Crippen molar-refractivity contribution in [2.75, 3.05) is 7.11 Å². The van der Waals surface area contributed by atoms with E-state index in [1.54, 1.807) is 37.3 Å². The number of imidazole rings is 1. The Morgan fingerprint density at radius 1 is 1.14 bits per heavy atom. The number of benzene rings is 1. The van der Waals surface area contributed by atoms with Gasteiger partial charge in [0.1, 0.15) is 10.9 Å². The van der Waals surface area contributed by atoms with Crippen LogP contribution in [0.3, 0.4) is 0 Å². The number of aromatic nitrogens is 3. The van der Waals surface area contributed by atoms with E-state index in [1.807, 2.05) is 41.1 Å². The molecular weight excluding hydrogens is 318 g/mol. The number of rotatable bonds is 5. The third-order valence-corrected chi connectivity index (χ3v) is 4.38. The molecule has 0 aliphatic heterocycles. The van der Waals surface area contributed by atoms with Crippen molar-refractivity contribution in [3.05, 3.63) is 65.7 Å². The molecule has 0 fully saturated rings. The molecule has 6 heteroatoms. The van der Waals surface area contributed by atoms with Crippen molar-refractivity contribution in [2.45, 2.75) is 10.9 Å². The topological polar surface area (TPSA) is 39.9 Å². The van der Waals surface area contributed by atoms with Crippen molar-refractivity contribution in [1.82, 2.24) is 14.5 Å². The van der Waals surface area contributed by atoms with Gasteiger partial charge < -0.3 is 4.74 Å². The van der Waals surface area contributed by atoms with Gasteiger partial charge in [0, 0.05) is 30.0 Å². The summed E-state index contributed by atoms with van der Waals surface area (Å²) in [4.78, 5) is 8.51. The summed E-state index contributed by atoms with van der Waals surface area (Å²) in [5.74, 6) is 1.63. The Bertz CT molecular complexity index is 741. The number of pyridine rings is 1. The molecule has 0 aliphatic rings. The maximum atomic E-state index is 5.80. The highest BCUT2D eigenvalue weighted by Crippen LogP contribution is 2.25. The van der Waals surface area contributed by atoms with Gasteiger partial charge in [-0.1, -0.05) is 29.4 Å². The lowest BCUT2D eigenvalue weighted by molar-refractivity contribution is 0.414. The van der Waals surface area contributed by atoms with E-state index in [0.29, 0.717) is 5.15 Å². The van der Waals surface area contributed by atoms with E-state index in [9.17, 15) is 0 Å². The first-order valence-electron chi connectivity index (χ1n) is 6.67. The van der Waals surface area contributed by atoms with E-state index < -0.39 is 0 Å². The standard InChI is InChI=1S/C16H14ClN3OS/c1-21-14-5-3-13(4-6-14)20-9-8-18-16(20)22-11-12-2-7-15(17)19-10-12/h2-10H,11H2,1H3. The van der Waals surface area contributed by atoms with Crippen LogP contribution in [0.25, 0.3) is 5.69 Å². The van der Waals surface area contributed by atoms with Gasteiger partial charge >= 0.3 is 0 Å². The first-order valence-corrected chi connectivity index (χ1v) is 8.03. The molecule has 0 N–H and O–H groups in total. The highest BCUT2D eigenvalue weighted by molar-refractivity contribution is 7.98. The van der Waals surface area contributed by atoms with E-state index in [-0.39, 0.29) is 0 Å². The second kappa shape index (κ2) is 6.85. The van der Waals surface area contributed by atoms with E-state index in [4.69, 9.17) is 16.3 Å². The summed E-state index contributed by atoms with van der Waals surface area (Å²) in [5, 5.41) is 1.44. The number of hydrogen-bond acceptors (Lipinski definition) is 4. The van der Waals surface area contributed by atoms with Crippen molar-refractivity contribution in [3.63, 3.8) is 0 Å². The summed E-state index contributed by atoms with van der Waals surface area (Å²) in [5.41, 5.74) is 2.16. The second-order valence-electron chi connectivity index (χ2n) is 4.56. The summed E-state index contributed by atoms with van der Waals surface area (Å²) in [6, 6.07) is 11.7. The van der Waals surface area contributed by atoms with Gasteiger partial charge in [0.2, 0.25) is 0 Å². The van der Waals surface area contributed by atoms with E-state index in [0.717, 1.165) is 27.9 Å². The minimum absolute atomic E-state index is 0.508. The first kappa shape index (κ1) is 14.9. The number of hydrogen-bond donors (Lipinski definition) is 0. The molecule has 112 valence electrons. The molecule has 0 radical (unpaired) electrons. The van der Waals surface area contributed by atoms with E-state index in [2.05, 4.69) is 9.97 Å². The van der Waals surface area contributed by atoms with E-state index >= 15 is 0 Å². The maximum Gasteiger partial charge on any atom is 0.172 e. The fourth-order valence-corrected chi connectivity index (χ4v) is 2.99. The lowest BCUT2D eigenvalue weighted by atomic mass is 10.3. The van der Waals surface area contributed by atoms with Crippen molar-refractivity contribution in [2.24, 2.45) is 0 Å². The number of methoxy groups -OCH3 is 1. The summed E-state index contributed by atoms with van der Waals surface area (Å²) >= 11 is 7.45. The quantitative estimate of drug-likeness (QED) is 0.518. The largest absolute Gasteiger partial charge is 0.497 e. The lowest BCUT2D eigenvalue weighted by Crippen LogP contribution is -1.95. The normalized spacial score (nSPS) is 10.6. The molecule has 0 bridgehead atoms. The van der Waals surface area contributed by atoms with Crippen LogP contribution in [-0.2, 0) is 5.75 Å². The van der Waals surface area contributed by atoms with Crippen molar-refractivity contribution in [1.29, 1.82) is 0 Å². The smallest absolute Gasteiger partial charge is 0.172 e. The van der Waals surface area contributed by atoms with Crippen LogP contribution >= 0.6 is 23.4 Å². The van der Waals surface area contributed by atoms with Crippen molar-refractivity contribution in [3.8, 4) is 11.4 Å². The van der Waals surface area contributed by atoms with Crippen LogP contribution in [0.1, 0.15) is 5.56 Å². The fourth-order valence-electron chi connectivity index (χ4n) is 1.98. The summed E-state index contributed by atoms with van der Waals surface area (Å²) in [6.45, 7) is 0. The van der Waals surface area contributed by atoms with Gasteiger partial charge in [-0.15, -0.1) is 0 Å². The molecule has 0 saturated heterocycles. The third kappa shape index (κ3) is 3.43. The van der Waals surface area contributed by atoms with E-state index in [1.165, 1.54) is 0 Å². The van der Waals surface area contributed by atoms with Gasteiger partial charge in [0.05, 0.1) is 7.11 Å². The maximum absolute atomic E-state index is 5.80. The molecule has 2 aromatic heterocycles. The SMILES string of the molecule is COc1ccc(-n2ccnc2SCc2ccc(Cl)nc2)cc1. The number of nitrogens with zero attached hydrogens (tertiary/aromatic N) is 3. The minimum Gasteiger partial charge on any atom is -0.497 e. The molecule has 1 aromatic carbocycles. The zero-order valence-electron chi connectivity index (χ0n) is 11.9. The molecule has 3 rings (SSSR count). The van der Waals surface area contributed by atoms with Crippen LogP contribution in [0.15, 0.2) is 60.1 Å². The Kier molecular flexibility index (Phi) is 4.65. The average molecular weight is 332 g/mol. The van der Waals surface area contributed by atoms with Crippen LogP contribution in [0, 0.1) is 0 Å². The lowest BCUT2D eigenvalue weighted by Gasteiger charge is -2.08. The highest BCUT2D eigenvalue weighted by Gasteiger charge is 2.06. The van der Waals surface area contributed by atoms with Crippen LogP contribution in [-0.4, -0.2) is 21.6 Å². The van der Waals surface area contributed by atoms with Gasteiger partial charge in [-0.2, -0.15) is 0 Å². The van der Waals surface area contributed by atoms with Crippen molar-refractivity contribution < 1.29 is 4.74 Å². The van der Waals surface area contributed by atoms with Gasteiger partial charge in [0.25, 0.3) is 0 Å². The van der Waals surface area contributed by atoms with Crippen LogP contribution in [0.2, 0.25) is 5.15 Å². The van der Waals surface area contributed by atoms with Gasteiger partial charge in [-0.25, -0.2) is 9.97 Å². The molecular formula is C16H14ClN3OS. The molecule has 2 heterocycles. The number of halogens is 1. The predicted octanol–water partition coefficient (Wildman–Crippen LogP) is 4.22. The molecule has 22 heavy (non-hydrogen) atoms. The van der Waals surface area contributed by atoms with Gasteiger partial charge in [0.15, 0.2) is 5.16 Å². The molecule has 0 aliphatic carbocycles. The minimum atomic E-state index is 0.508. The summed E-state index contributed by atoms with van der Waals surface area (Å²) in [7, 11) is 1.66. The Labute approximate surface area is 138 Å². The summed E-state index contributed by atoms with van der Waals surface area (Å²) < 4.78 is 7.23. The van der Waals surface area contributed by atoms with Crippen LogP contribution in [0.4, 0.5) is 0 Å². The van der Waals surface area contributed by atoms with Gasteiger partial charge in [-0.05, 0) is 35.9 Å². The van der Waals surface area contributed by atoms with Crippen LogP contribution in [0.5, 0.6) is 5.75 Å². The second-order valence-corrected chi connectivity index (χ2v) is 5.89. The molecule has 0 atom stereocenters. The molecule has 4 nitrogen and oxygen atoms in total. The zero-order chi connectivity index (χ0) is 15.4. The highest BCUT2D eigenvalue weighted by atomic mass is 35.5. The molecule has 0 spiro atoms. The molecule has 0 amide bonds. The average Bonchev–Trinajstić information content (AvgIpc) is 3.03. The Morgan fingerprint density at radius 2 is 1.95 bits per heavy atom. The molecule has 0 saturated carbocycles. The van der Waals surface area contributed by atoms with Crippen LogP contribution < -0.4 is 4.74 Å². The van der Waals surface area contributed by atoms with Crippen molar-refractivity contribution >= 4 is 23.4 Å². The fraction of sp³-hybridized carbons (Fsp3) is 0.125. The predicted molar refractivity (Wildman–Crippen MR) is 88.9 cm³/mol. The molecule has 0 unspecified atom stereocenters. The number of ether oxygens (including phenoxy) is 1. The van der Waals surface area contributed by atoms with Gasteiger partial charge in [-0.3, -0.25) is 4.57 Å². The molecule has 3 aromatic rings. The third-order valence-electron chi connectivity index (χ3n) is 3.11. The monoisotopic (exact) mass is 331 g/mol. The first-order chi connectivity index (χ1) is 10.8. The Morgan fingerprint density at radius 3 is 2.64 bits per heavy atom. The number of thioether (sulfide) groups is 1. The Balaban J connectivity index is 1.75. The summed E-state index contributed by atoms with van der Waals surface area (Å²) in [6.07, 6.45) is 5.53. The zero-order valence-corrected chi connectivity index (χ0v) is 13.5. The Hall–Kier alpha value is -1.98.